The lowest BCUT2D eigenvalue weighted by Crippen LogP contribution is -2.34. The number of anilines is 1. The number of hydrogen-bond donors (Lipinski definition) is 1. The van der Waals surface area contributed by atoms with Crippen LogP contribution in [0.5, 0.6) is 0 Å². The van der Waals surface area contributed by atoms with Crippen LogP contribution in [0.1, 0.15) is 38.2 Å². The van der Waals surface area contributed by atoms with E-state index in [1.165, 1.54) is 0 Å². The molecule has 0 bridgehead atoms. The van der Waals surface area contributed by atoms with Gasteiger partial charge in [0.15, 0.2) is 0 Å². The molecule has 0 amide bonds. The second kappa shape index (κ2) is 6.19. The first-order valence-corrected chi connectivity index (χ1v) is 6.82. The van der Waals surface area contributed by atoms with Crippen molar-refractivity contribution in [3.8, 4) is 0 Å². The zero-order chi connectivity index (χ0) is 13.0. The third-order valence-electron chi connectivity index (χ3n) is 3.39. The van der Waals surface area contributed by atoms with E-state index in [-0.39, 0.29) is 5.82 Å². The second-order valence-corrected chi connectivity index (χ2v) is 5.16. The van der Waals surface area contributed by atoms with Gasteiger partial charge in [0.2, 0.25) is 0 Å². The summed E-state index contributed by atoms with van der Waals surface area (Å²) in [6.07, 6.45) is 4.63. The summed E-state index contributed by atoms with van der Waals surface area (Å²) in [5.74, 6) is -0.172. The summed E-state index contributed by atoms with van der Waals surface area (Å²) in [6, 6.07) is 5.51. The summed E-state index contributed by atoms with van der Waals surface area (Å²) >= 11 is 0. The van der Waals surface area contributed by atoms with Gasteiger partial charge in [-0.15, -0.1) is 0 Å². The van der Waals surface area contributed by atoms with E-state index in [9.17, 15) is 4.39 Å². The molecule has 1 aromatic carbocycles. The molecule has 0 saturated carbocycles. The Labute approximate surface area is 109 Å². The minimum absolute atomic E-state index is 0.172. The van der Waals surface area contributed by atoms with E-state index < -0.39 is 0 Å². The fourth-order valence-corrected chi connectivity index (χ4v) is 2.59. The highest BCUT2D eigenvalue weighted by molar-refractivity contribution is 5.46. The summed E-state index contributed by atoms with van der Waals surface area (Å²) in [4.78, 5) is 0. The van der Waals surface area contributed by atoms with Gasteiger partial charge in [0, 0.05) is 18.3 Å². The first-order valence-electron chi connectivity index (χ1n) is 6.82. The van der Waals surface area contributed by atoms with Gasteiger partial charge in [-0.3, -0.25) is 0 Å². The van der Waals surface area contributed by atoms with E-state index in [0.717, 1.165) is 43.5 Å². The molecule has 2 unspecified atom stereocenters. The molecular weight excluding hydrogens is 229 g/mol. The maximum absolute atomic E-state index is 13.3. The molecular formula is C15H22FNO. The Morgan fingerprint density at radius 2 is 2.22 bits per heavy atom. The fourth-order valence-electron chi connectivity index (χ4n) is 2.59. The molecule has 0 spiro atoms. The summed E-state index contributed by atoms with van der Waals surface area (Å²) < 4.78 is 19.0. The van der Waals surface area contributed by atoms with Crippen LogP contribution in [-0.4, -0.2) is 18.8 Å². The van der Waals surface area contributed by atoms with Crippen molar-refractivity contribution in [2.45, 2.75) is 51.7 Å². The van der Waals surface area contributed by atoms with Crippen LogP contribution in [0.25, 0.3) is 0 Å². The molecule has 1 N–H and O–H groups in total. The van der Waals surface area contributed by atoms with E-state index in [0.29, 0.717) is 12.1 Å². The molecule has 1 heterocycles. The Hall–Kier alpha value is -1.09. The molecule has 1 aliphatic rings. The molecule has 18 heavy (non-hydrogen) atoms. The molecule has 1 aliphatic heterocycles. The van der Waals surface area contributed by atoms with Gasteiger partial charge < -0.3 is 10.1 Å². The zero-order valence-corrected chi connectivity index (χ0v) is 11.2. The van der Waals surface area contributed by atoms with E-state index in [4.69, 9.17) is 4.74 Å². The molecule has 0 aliphatic carbocycles. The second-order valence-electron chi connectivity index (χ2n) is 5.16. The summed E-state index contributed by atoms with van der Waals surface area (Å²) in [5, 5.41) is 3.43. The third kappa shape index (κ3) is 3.70. The van der Waals surface area contributed by atoms with Crippen molar-refractivity contribution < 1.29 is 9.13 Å². The van der Waals surface area contributed by atoms with Crippen molar-refractivity contribution in [3.63, 3.8) is 0 Å². The monoisotopic (exact) mass is 251 g/mol. The largest absolute Gasteiger partial charge is 0.382 e. The highest BCUT2D eigenvalue weighted by atomic mass is 19.1. The van der Waals surface area contributed by atoms with E-state index in [2.05, 4.69) is 12.2 Å². The van der Waals surface area contributed by atoms with Crippen LogP contribution in [0.2, 0.25) is 0 Å². The Morgan fingerprint density at radius 1 is 1.39 bits per heavy atom. The van der Waals surface area contributed by atoms with Crippen molar-refractivity contribution in [2.75, 3.05) is 11.9 Å². The van der Waals surface area contributed by atoms with Crippen molar-refractivity contribution >= 4 is 5.69 Å². The van der Waals surface area contributed by atoms with Crippen molar-refractivity contribution in [2.24, 2.45) is 0 Å². The Kier molecular flexibility index (Phi) is 4.59. The lowest BCUT2D eigenvalue weighted by molar-refractivity contribution is 0.00598. The average Bonchev–Trinajstić information content (AvgIpc) is 2.28. The molecule has 0 radical (unpaired) electrons. The lowest BCUT2D eigenvalue weighted by atomic mass is 9.99. The summed E-state index contributed by atoms with van der Waals surface area (Å²) in [7, 11) is 0. The molecule has 2 nitrogen and oxygen atoms in total. The quantitative estimate of drug-likeness (QED) is 0.876. The molecule has 1 fully saturated rings. The maximum Gasteiger partial charge on any atom is 0.125 e. The fraction of sp³-hybridized carbons (Fsp3) is 0.600. The highest BCUT2D eigenvalue weighted by Gasteiger charge is 2.21. The van der Waals surface area contributed by atoms with Crippen LogP contribution in [-0.2, 0) is 4.74 Å². The minimum Gasteiger partial charge on any atom is -0.382 e. The highest BCUT2D eigenvalue weighted by Crippen LogP contribution is 2.22. The van der Waals surface area contributed by atoms with Gasteiger partial charge in [-0.25, -0.2) is 4.39 Å². The minimum atomic E-state index is -0.172. The van der Waals surface area contributed by atoms with Gasteiger partial charge >= 0.3 is 0 Å². The van der Waals surface area contributed by atoms with Gasteiger partial charge in [0.05, 0.1) is 6.10 Å². The van der Waals surface area contributed by atoms with E-state index in [1.807, 2.05) is 13.0 Å². The summed E-state index contributed by atoms with van der Waals surface area (Å²) in [5.41, 5.74) is 1.84. The molecule has 2 rings (SSSR count). The van der Waals surface area contributed by atoms with Gasteiger partial charge in [0.1, 0.15) is 5.82 Å². The van der Waals surface area contributed by atoms with Crippen molar-refractivity contribution in [1.29, 1.82) is 0 Å². The molecule has 1 saturated heterocycles. The normalized spacial score (nSPS) is 23.9. The average molecular weight is 251 g/mol. The number of ether oxygens (including phenoxy) is 1. The first kappa shape index (κ1) is 13.3. The van der Waals surface area contributed by atoms with E-state index >= 15 is 0 Å². The number of halogens is 1. The Morgan fingerprint density at radius 3 is 2.94 bits per heavy atom. The predicted octanol–water partition coefficient (Wildman–Crippen LogP) is 3.89. The molecule has 3 heteroatoms. The van der Waals surface area contributed by atoms with Gasteiger partial charge in [-0.2, -0.15) is 0 Å². The van der Waals surface area contributed by atoms with Crippen LogP contribution in [0.4, 0.5) is 10.1 Å². The van der Waals surface area contributed by atoms with Gasteiger partial charge in [-0.05, 0) is 49.9 Å². The number of benzene rings is 1. The van der Waals surface area contributed by atoms with Crippen LogP contribution >= 0.6 is 0 Å². The number of hydrogen-bond acceptors (Lipinski definition) is 2. The van der Waals surface area contributed by atoms with Crippen LogP contribution in [0, 0.1) is 12.7 Å². The molecule has 2 atom stereocenters. The number of rotatable bonds is 4. The van der Waals surface area contributed by atoms with Crippen molar-refractivity contribution in [3.05, 3.63) is 29.6 Å². The van der Waals surface area contributed by atoms with E-state index in [1.54, 1.807) is 12.1 Å². The third-order valence-corrected chi connectivity index (χ3v) is 3.39. The summed E-state index contributed by atoms with van der Waals surface area (Å²) in [6.45, 7) is 4.89. The number of aryl methyl sites for hydroxylation is 1. The molecule has 100 valence electrons. The molecule has 0 aromatic heterocycles. The van der Waals surface area contributed by atoms with Crippen LogP contribution in [0.15, 0.2) is 18.2 Å². The number of nitrogens with one attached hydrogen (secondary N) is 1. The van der Waals surface area contributed by atoms with Crippen LogP contribution in [0.3, 0.4) is 0 Å². The van der Waals surface area contributed by atoms with Gasteiger partial charge in [0.25, 0.3) is 0 Å². The van der Waals surface area contributed by atoms with Crippen LogP contribution < -0.4 is 5.32 Å². The van der Waals surface area contributed by atoms with Gasteiger partial charge in [-0.1, -0.05) is 13.3 Å². The smallest absolute Gasteiger partial charge is 0.125 e. The van der Waals surface area contributed by atoms with Crippen molar-refractivity contribution in [1.82, 2.24) is 0 Å². The topological polar surface area (TPSA) is 21.3 Å². The predicted molar refractivity (Wildman–Crippen MR) is 72.4 cm³/mol. The maximum atomic E-state index is 13.3. The first-order chi connectivity index (χ1) is 8.67. The Balaban J connectivity index is 1.95. The standard InChI is InChI=1S/C15H22FNO/c1-3-4-15-10-13(5-6-18-15)17-14-8-11(2)7-12(16)9-14/h7-9,13,15,17H,3-6,10H2,1-2H3. The SMILES string of the molecule is CCCC1CC(Nc2cc(C)cc(F)c2)CCO1. The zero-order valence-electron chi connectivity index (χ0n) is 11.2. The molecule has 1 aromatic rings. The Bertz CT molecular complexity index is 372. The lowest BCUT2D eigenvalue weighted by Gasteiger charge is -2.30.